The predicted octanol–water partition coefficient (Wildman–Crippen LogP) is 4.32. The molecule has 2 fully saturated rings. The zero-order valence-electron chi connectivity index (χ0n) is 11.2. The van der Waals surface area contributed by atoms with E-state index in [2.05, 4.69) is 32.5 Å². The van der Waals surface area contributed by atoms with Crippen molar-refractivity contribution in [2.45, 2.75) is 65.3 Å². The highest BCUT2D eigenvalue weighted by atomic mass is 14.8. The van der Waals surface area contributed by atoms with E-state index in [-0.39, 0.29) is 0 Å². The lowest BCUT2D eigenvalue weighted by Gasteiger charge is -2.37. The molecule has 2 bridgehead atoms. The first kappa shape index (κ1) is 12.1. The van der Waals surface area contributed by atoms with Crippen molar-refractivity contribution in [1.29, 1.82) is 0 Å². The van der Waals surface area contributed by atoms with E-state index in [1.165, 1.54) is 38.5 Å². The Morgan fingerprint density at radius 1 is 1.38 bits per heavy atom. The average Bonchev–Trinajstić information content (AvgIpc) is 2.59. The van der Waals surface area contributed by atoms with Crippen molar-refractivity contribution in [3.8, 4) is 0 Å². The highest BCUT2D eigenvalue weighted by Crippen LogP contribution is 2.51. The molecule has 5 atom stereocenters. The van der Waals surface area contributed by atoms with Crippen molar-refractivity contribution in [2.75, 3.05) is 0 Å². The van der Waals surface area contributed by atoms with Gasteiger partial charge in [0, 0.05) is 0 Å². The van der Waals surface area contributed by atoms with Crippen LogP contribution in [-0.2, 0) is 0 Å². The smallest absolute Gasteiger partial charge is 0.0546 e. The number of nitrogens with zero attached hydrogens (tertiary/aromatic N) is 1. The molecule has 0 heterocycles. The third-order valence-corrected chi connectivity index (χ3v) is 5.19. The summed E-state index contributed by atoms with van der Waals surface area (Å²) in [6.45, 7) is 11.1. The SMILES string of the molecule is C=N[C@H]1C(CC)CC2CCC(C)(C2)C[C@H]1C. The van der Waals surface area contributed by atoms with Crippen LogP contribution in [0, 0.1) is 23.2 Å². The molecule has 0 N–H and O–H groups in total. The van der Waals surface area contributed by atoms with Gasteiger partial charge in [0.25, 0.3) is 0 Å². The van der Waals surface area contributed by atoms with Crippen molar-refractivity contribution in [2.24, 2.45) is 28.2 Å². The number of hydrogen-bond donors (Lipinski definition) is 0. The molecule has 2 rings (SSSR count). The molecule has 0 radical (unpaired) electrons. The first-order chi connectivity index (χ1) is 7.58. The van der Waals surface area contributed by atoms with Crippen LogP contribution in [0.2, 0.25) is 0 Å². The molecule has 2 aliphatic carbocycles. The molecular weight excluding hydrogens is 194 g/mol. The summed E-state index contributed by atoms with van der Waals surface area (Å²) in [5, 5.41) is 0. The lowest BCUT2D eigenvalue weighted by atomic mass is 9.70. The number of hydrogen-bond acceptors (Lipinski definition) is 1. The molecule has 0 saturated heterocycles. The molecule has 0 aromatic rings. The van der Waals surface area contributed by atoms with Crippen LogP contribution in [0.1, 0.15) is 59.3 Å². The number of fused-ring (bicyclic) bond motifs is 2. The predicted molar refractivity (Wildman–Crippen MR) is 71.0 cm³/mol. The second-order valence-corrected chi connectivity index (χ2v) is 6.68. The van der Waals surface area contributed by atoms with E-state index < -0.39 is 0 Å². The van der Waals surface area contributed by atoms with Gasteiger partial charge in [0.1, 0.15) is 0 Å². The zero-order chi connectivity index (χ0) is 11.8. The summed E-state index contributed by atoms with van der Waals surface area (Å²) < 4.78 is 0. The normalized spacial score (nSPS) is 48.4. The minimum absolute atomic E-state index is 0.519. The van der Waals surface area contributed by atoms with E-state index >= 15 is 0 Å². The van der Waals surface area contributed by atoms with Crippen LogP contribution in [0.4, 0.5) is 0 Å². The molecule has 3 unspecified atom stereocenters. The highest BCUT2D eigenvalue weighted by molar-refractivity contribution is 5.24. The van der Waals surface area contributed by atoms with Crippen molar-refractivity contribution in [3.05, 3.63) is 0 Å². The molecule has 1 nitrogen and oxygen atoms in total. The molecular formula is C15H27N. The number of aliphatic imine (C=N–C) groups is 1. The van der Waals surface area contributed by atoms with E-state index in [0.29, 0.717) is 11.5 Å². The van der Waals surface area contributed by atoms with Gasteiger partial charge >= 0.3 is 0 Å². The van der Waals surface area contributed by atoms with Gasteiger partial charge in [0.15, 0.2) is 0 Å². The fourth-order valence-corrected chi connectivity index (χ4v) is 4.51. The van der Waals surface area contributed by atoms with Crippen molar-refractivity contribution in [3.63, 3.8) is 0 Å². The van der Waals surface area contributed by atoms with E-state index in [1.807, 2.05) is 0 Å². The van der Waals surface area contributed by atoms with Crippen LogP contribution in [0.15, 0.2) is 4.99 Å². The Labute approximate surface area is 101 Å². The van der Waals surface area contributed by atoms with Gasteiger partial charge in [-0.2, -0.15) is 0 Å². The molecule has 1 heteroatoms. The molecule has 92 valence electrons. The van der Waals surface area contributed by atoms with Crippen LogP contribution < -0.4 is 0 Å². The van der Waals surface area contributed by atoms with E-state index in [0.717, 1.165) is 17.8 Å². The van der Waals surface area contributed by atoms with Crippen LogP contribution in [0.5, 0.6) is 0 Å². The topological polar surface area (TPSA) is 12.4 Å². The summed E-state index contributed by atoms with van der Waals surface area (Å²) in [5.41, 5.74) is 0.617. The van der Waals surface area contributed by atoms with Gasteiger partial charge in [-0.15, -0.1) is 0 Å². The fraction of sp³-hybridized carbons (Fsp3) is 0.933. The maximum Gasteiger partial charge on any atom is 0.0546 e. The van der Waals surface area contributed by atoms with Gasteiger partial charge in [-0.3, -0.25) is 4.99 Å². The Bertz CT molecular complexity index is 260. The Hall–Kier alpha value is -0.330. The summed E-state index contributed by atoms with van der Waals surface area (Å²) in [6, 6.07) is 0.519. The quantitative estimate of drug-likeness (QED) is 0.616. The van der Waals surface area contributed by atoms with Gasteiger partial charge in [-0.1, -0.05) is 27.2 Å². The van der Waals surface area contributed by atoms with E-state index in [1.54, 1.807) is 0 Å². The van der Waals surface area contributed by atoms with Gasteiger partial charge in [0.2, 0.25) is 0 Å². The fourth-order valence-electron chi connectivity index (χ4n) is 4.51. The maximum absolute atomic E-state index is 4.46. The monoisotopic (exact) mass is 221 g/mol. The maximum atomic E-state index is 4.46. The summed E-state index contributed by atoms with van der Waals surface area (Å²) >= 11 is 0. The van der Waals surface area contributed by atoms with E-state index in [4.69, 9.17) is 0 Å². The molecule has 0 amide bonds. The van der Waals surface area contributed by atoms with Crippen LogP contribution in [0.25, 0.3) is 0 Å². The van der Waals surface area contributed by atoms with Crippen LogP contribution in [0.3, 0.4) is 0 Å². The zero-order valence-corrected chi connectivity index (χ0v) is 11.2. The average molecular weight is 221 g/mol. The lowest BCUT2D eigenvalue weighted by Crippen LogP contribution is -2.32. The molecule has 16 heavy (non-hydrogen) atoms. The Morgan fingerprint density at radius 2 is 2.12 bits per heavy atom. The van der Waals surface area contributed by atoms with Crippen LogP contribution >= 0.6 is 0 Å². The summed E-state index contributed by atoms with van der Waals surface area (Å²) in [7, 11) is 0. The first-order valence-electron chi connectivity index (χ1n) is 7.04. The van der Waals surface area contributed by atoms with Gasteiger partial charge in [-0.25, -0.2) is 0 Å². The van der Waals surface area contributed by atoms with Gasteiger partial charge in [-0.05, 0) is 62.0 Å². The minimum atomic E-state index is 0.519. The Balaban J connectivity index is 2.19. The number of rotatable bonds is 2. The van der Waals surface area contributed by atoms with Gasteiger partial charge < -0.3 is 0 Å². The van der Waals surface area contributed by atoms with E-state index in [9.17, 15) is 0 Å². The second-order valence-electron chi connectivity index (χ2n) is 6.68. The molecule has 0 aromatic carbocycles. The van der Waals surface area contributed by atoms with Gasteiger partial charge in [0.05, 0.1) is 6.04 Å². The molecule has 0 aliphatic heterocycles. The highest BCUT2D eigenvalue weighted by Gasteiger charge is 2.42. The lowest BCUT2D eigenvalue weighted by molar-refractivity contribution is 0.161. The van der Waals surface area contributed by atoms with Crippen LogP contribution in [-0.4, -0.2) is 12.8 Å². The summed E-state index contributed by atoms with van der Waals surface area (Å²) in [6.07, 6.45) is 8.43. The minimum Gasteiger partial charge on any atom is -0.297 e. The van der Waals surface area contributed by atoms with Crippen molar-refractivity contribution < 1.29 is 0 Å². The van der Waals surface area contributed by atoms with Crippen molar-refractivity contribution >= 4 is 6.72 Å². The third-order valence-electron chi connectivity index (χ3n) is 5.19. The molecule has 0 aromatic heterocycles. The first-order valence-corrected chi connectivity index (χ1v) is 7.04. The van der Waals surface area contributed by atoms with Crippen molar-refractivity contribution in [1.82, 2.24) is 0 Å². The second kappa shape index (κ2) is 4.50. The summed E-state index contributed by atoms with van der Waals surface area (Å²) in [5.74, 6) is 2.50. The molecule has 2 saturated carbocycles. The third kappa shape index (κ3) is 2.19. The Kier molecular flexibility index (Phi) is 3.42. The standard InChI is InChI=1S/C15H27N/c1-5-13-8-12-6-7-15(3,10-12)9-11(2)14(13)16-4/h11-14H,4-10H2,1-3H3/t11-,12?,13?,14-,15?/m1/s1. The largest absolute Gasteiger partial charge is 0.297 e. The molecule has 2 aliphatic rings. The Morgan fingerprint density at radius 3 is 2.75 bits per heavy atom. The molecule has 0 spiro atoms. The summed E-state index contributed by atoms with van der Waals surface area (Å²) in [4.78, 5) is 4.46.